The second kappa shape index (κ2) is 3.01. The molecule has 16 heavy (non-hydrogen) atoms. The third-order valence-electron chi connectivity index (χ3n) is 2.72. The average Bonchev–Trinajstić information content (AvgIpc) is 2.53. The van der Waals surface area contributed by atoms with Crippen LogP contribution in [-0.4, -0.2) is 10.6 Å². The Balaban J connectivity index is 2.31. The lowest BCUT2D eigenvalue weighted by Crippen LogP contribution is -2.33. The molecule has 0 amide bonds. The minimum absolute atomic E-state index is 0.163. The van der Waals surface area contributed by atoms with Crippen LogP contribution in [0.3, 0.4) is 0 Å². The van der Waals surface area contributed by atoms with Gasteiger partial charge in [-0.15, -0.1) is 0 Å². The van der Waals surface area contributed by atoms with Crippen LogP contribution in [0.5, 0.6) is 0 Å². The molecule has 0 saturated heterocycles. The zero-order valence-electron chi connectivity index (χ0n) is 9.13. The third-order valence-corrected chi connectivity index (χ3v) is 3.09. The molecular weight excluding hydrogens is 222 g/mol. The van der Waals surface area contributed by atoms with Crippen LogP contribution >= 0.6 is 11.6 Å². The molecule has 2 heterocycles. The van der Waals surface area contributed by atoms with E-state index >= 15 is 0 Å². The predicted octanol–water partition coefficient (Wildman–Crippen LogP) is 3.46. The fraction of sp³-hybridized carbons (Fsp3) is 0.250. The van der Waals surface area contributed by atoms with Crippen LogP contribution in [0.15, 0.2) is 24.4 Å². The van der Waals surface area contributed by atoms with Crippen molar-refractivity contribution in [3.05, 3.63) is 29.4 Å². The molecule has 0 bridgehead atoms. The van der Waals surface area contributed by atoms with Crippen molar-refractivity contribution in [2.75, 3.05) is 10.6 Å². The number of benzene rings is 1. The van der Waals surface area contributed by atoms with Crippen molar-refractivity contribution < 1.29 is 0 Å². The monoisotopic (exact) mass is 233 g/mol. The number of nitrogens with zero attached hydrogens (tertiary/aromatic N) is 1. The Morgan fingerprint density at radius 2 is 2.12 bits per heavy atom. The maximum Gasteiger partial charge on any atom is 0.102 e. The topological polar surface area (TPSA) is 37.0 Å². The van der Waals surface area contributed by atoms with Crippen molar-refractivity contribution >= 4 is 33.9 Å². The maximum absolute atomic E-state index is 6.35. The van der Waals surface area contributed by atoms with Crippen LogP contribution in [0, 0.1) is 0 Å². The van der Waals surface area contributed by atoms with Crippen LogP contribution in [0.4, 0.5) is 11.4 Å². The van der Waals surface area contributed by atoms with Gasteiger partial charge in [0.2, 0.25) is 0 Å². The quantitative estimate of drug-likeness (QED) is 0.732. The molecule has 0 aliphatic carbocycles. The molecule has 1 aromatic heterocycles. The average molecular weight is 234 g/mol. The number of halogens is 1. The van der Waals surface area contributed by atoms with Crippen LogP contribution in [0.1, 0.15) is 13.8 Å². The van der Waals surface area contributed by atoms with Crippen molar-refractivity contribution in [2.45, 2.75) is 19.5 Å². The Morgan fingerprint density at radius 3 is 2.94 bits per heavy atom. The van der Waals surface area contributed by atoms with Crippen LogP contribution in [0.2, 0.25) is 5.02 Å². The normalized spacial score (nSPS) is 16.7. The maximum atomic E-state index is 6.35. The molecule has 0 atom stereocenters. The summed E-state index contributed by atoms with van der Waals surface area (Å²) in [6.45, 7) is 4.14. The zero-order valence-corrected chi connectivity index (χ0v) is 9.89. The van der Waals surface area contributed by atoms with Crippen LogP contribution in [-0.2, 0) is 0 Å². The highest BCUT2D eigenvalue weighted by Crippen LogP contribution is 2.42. The Hall–Kier alpha value is -1.48. The summed E-state index contributed by atoms with van der Waals surface area (Å²) in [4.78, 5) is 4.31. The Morgan fingerprint density at radius 1 is 1.31 bits per heavy atom. The van der Waals surface area contributed by atoms with Crippen molar-refractivity contribution in [1.82, 2.24) is 4.98 Å². The van der Waals surface area contributed by atoms with Crippen LogP contribution < -0.4 is 10.6 Å². The van der Waals surface area contributed by atoms with E-state index in [9.17, 15) is 0 Å². The highest BCUT2D eigenvalue weighted by Gasteiger charge is 2.29. The van der Waals surface area contributed by atoms with E-state index in [1.807, 2.05) is 12.1 Å². The Labute approximate surface area is 98.8 Å². The molecule has 0 unspecified atom stereocenters. The first-order valence-corrected chi connectivity index (χ1v) is 5.58. The lowest BCUT2D eigenvalue weighted by Gasteiger charge is -2.19. The second-order valence-electron chi connectivity index (χ2n) is 4.56. The van der Waals surface area contributed by atoms with E-state index in [1.54, 1.807) is 6.20 Å². The van der Waals surface area contributed by atoms with Crippen molar-refractivity contribution in [3.63, 3.8) is 0 Å². The highest BCUT2D eigenvalue weighted by molar-refractivity contribution is 6.38. The van der Waals surface area contributed by atoms with Gasteiger partial charge in [0.05, 0.1) is 21.9 Å². The lowest BCUT2D eigenvalue weighted by atomic mass is 10.2. The van der Waals surface area contributed by atoms with E-state index in [2.05, 4.69) is 35.5 Å². The first-order valence-electron chi connectivity index (χ1n) is 5.20. The standard InChI is InChI=1S/C12H12ClN3/c1-12(2)15-8-6-7-4-3-5-14-10(7)9(13)11(8)16-12/h3-6,15-16H,1-2H3. The summed E-state index contributed by atoms with van der Waals surface area (Å²) in [5.41, 5.74) is 2.66. The molecule has 2 aromatic rings. The van der Waals surface area contributed by atoms with Crippen molar-refractivity contribution in [3.8, 4) is 0 Å². The molecule has 2 N–H and O–H groups in total. The molecule has 1 aromatic carbocycles. The van der Waals surface area contributed by atoms with Crippen molar-refractivity contribution in [1.29, 1.82) is 0 Å². The van der Waals surface area contributed by atoms with Gasteiger partial charge in [0, 0.05) is 11.6 Å². The summed E-state index contributed by atoms with van der Waals surface area (Å²) < 4.78 is 0. The van der Waals surface area contributed by atoms with Gasteiger partial charge in [-0.3, -0.25) is 4.98 Å². The number of hydrogen-bond donors (Lipinski definition) is 2. The van der Waals surface area contributed by atoms with Gasteiger partial charge in [-0.25, -0.2) is 0 Å². The fourth-order valence-corrected chi connectivity index (χ4v) is 2.39. The molecule has 3 rings (SSSR count). The van der Waals surface area contributed by atoms with E-state index in [-0.39, 0.29) is 5.66 Å². The van der Waals surface area contributed by atoms with Gasteiger partial charge in [0.15, 0.2) is 0 Å². The molecular formula is C12H12ClN3. The van der Waals surface area contributed by atoms with Gasteiger partial charge in [0.1, 0.15) is 5.66 Å². The Kier molecular flexibility index (Phi) is 1.83. The predicted molar refractivity (Wildman–Crippen MR) is 68.1 cm³/mol. The SMILES string of the molecule is CC1(C)Nc2cc3cccnc3c(Cl)c2N1. The molecule has 82 valence electrons. The van der Waals surface area contributed by atoms with E-state index in [4.69, 9.17) is 11.6 Å². The second-order valence-corrected chi connectivity index (χ2v) is 4.94. The number of fused-ring (bicyclic) bond motifs is 2. The molecule has 0 saturated carbocycles. The largest absolute Gasteiger partial charge is 0.362 e. The zero-order chi connectivity index (χ0) is 11.3. The van der Waals surface area contributed by atoms with Gasteiger partial charge in [-0.2, -0.15) is 0 Å². The number of rotatable bonds is 0. The van der Waals surface area contributed by atoms with Crippen molar-refractivity contribution in [2.24, 2.45) is 0 Å². The summed E-state index contributed by atoms with van der Waals surface area (Å²) in [5.74, 6) is 0. The summed E-state index contributed by atoms with van der Waals surface area (Å²) in [5, 5.41) is 8.47. The third kappa shape index (κ3) is 1.32. The smallest absolute Gasteiger partial charge is 0.102 e. The number of aromatic nitrogens is 1. The number of hydrogen-bond acceptors (Lipinski definition) is 3. The van der Waals surface area contributed by atoms with Gasteiger partial charge in [0.25, 0.3) is 0 Å². The van der Waals surface area contributed by atoms with E-state index in [0.717, 1.165) is 22.3 Å². The lowest BCUT2D eigenvalue weighted by molar-refractivity contribution is 0.675. The van der Waals surface area contributed by atoms with Gasteiger partial charge in [-0.05, 0) is 26.0 Å². The molecule has 0 spiro atoms. The molecule has 0 fully saturated rings. The van der Waals surface area contributed by atoms with E-state index in [0.29, 0.717) is 5.02 Å². The first-order chi connectivity index (χ1) is 7.57. The summed E-state index contributed by atoms with van der Waals surface area (Å²) >= 11 is 6.35. The van der Waals surface area contributed by atoms with Gasteiger partial charge >= 0.3 is 0 Å². The number of anilines is 2. The van der Waals surface area contributed by atoms with E-state index in [1.165, 1.54) is 0 Å². The molecule has 1 aliphatic heterocycles. The summed E-state index contributed by atoms with van der Waals surface area (Å²) in [6, 6.07) is 6.01. The molecule has 3 nitrogen and oxygen atoms in total. The molecule has 0 radical (unpaired) electrons. The summed E-state index contributed by atoms with van der Waals surface area (Å²) in [7, 11) is 0. The number of pyridine rings is 1. The first kappa shape index (κ1) is 9.73. The van der Waals surface area contributed by atoms with Gasteiger partial charge in [-0.1, -0.05) is 17.7 Å². The summed E-state index contributed by atoms with van der Waals surface area (Å²) in [6.07, 6.45) is 1.76. The minimum atomic E-state index is -0.163. The fourth-order valence-electron chi connectivity index (χ4n) is 2.08. The molecule has 1 aliphatic rings. The minimum Gasteiger partial charge on any atom is -0.362 e. The van der Waals surface area contributed by atoms with Gasteiger partial charge < -0.3 is 10.6 Å². The number of nitrogens with one attached hydrogen (secondary N) is 2. The van der Waals surface area contributed by atoms with E-state index < -0.39 is 0 Å². The molecule has 4 heteroatoms. The van der Waals surface area contributed by atoms with Crippen LogP contribution in [0.25, 0.3) is 10.9 Å². The highest BCUT2D eigenvalue weighted by atomic mass is 35.5. The Bertz CT molecular complexity index is 578.